The van der Waals surface area contributed by atoms with Crippen LogP contribution in [0.5, 0.6) is 0 Å². The Kier molecular flexibility index (Phi) is 2.52. The predicted octanol–water partition coefficient (Wildman–Crippen LogP) is 1.79. The molecule has 1 rings (SSSR count). The van der Waals surface area contributed by atoms with Gasteiger partial charge in [0.1, 0.15) is 0 Å². The zero-order valence-electron chi connectivity index (χ0n) is 8.20. The van der Waals surface area contributed by atoms with Crippen LogP contribution >= 0.6 is 0 Å². The van der Waals surface area contributed by atoms with Crippen LogP contribution in [0.3, 0.4) is 0 Å². The van der Waals surface area contributed by atoms with Crippen molar-refractivity contribution < 1.29 is 0 Å². The molecule has 1 atom stereocenters. The van der Waals surface area contributed by atoms with Crippen LogP contribution in [0, 0.1) is 6.92 Å². The van der Waals surface area contributed by atoms with Crippen LogP contribution in [0.1, 0.15) is 44.2 Å². The average molecular weight is 167 g/mol. The number of nitrogens with zero attached hydrogens (tertiary/aromatic N) is 2. The van der Waals surface area contributed by atoms with E-state index in [1.807, 2.05) is 17.7 Å². The highest BCUT2D eigenvalue weighted by molar-refractivity contribution is 5.12. The van der Waals surface area contributed by atoms with Crippen molar-refractivity contribution in [2.45, 2.75) is 39.8 Å². The Balaban J connectivity index is 3.00. The quantitative estimate of drug-likeness (QED) is 0.729. The summed E-state index contributed by atoms with van der Waals surface area (Å²) >= 11 is 0. The van der Waals surface area contributed by atoms with Gasteiger partial charge in [0.15, 0.2) is 0 Å². The number of aromatic nitrogens is 2. The summed E-state index contributed by atoms with van der Waals surface area (Å²) in [6, 6.07) is 2.49. The second-order valence-corrected chi connectivity index (χ2v) is 3.54. The standard InChI is InChI=1S/C9H17N3/c1-6(2)12-7(3)5-9(11-12)8(4)10/h5-6,8H,10H2,1-4H3. The number of hydrogen-bond donors (Lipinski definition) is 1. The minimum absolute atomic E-state index is 0.0312. The molecule has 1 heterocycles. The lowest BCUT2D eigenvalue weighted by Gasteiger charge is -2.07. The fraction of sp³-hybridized carbons (Fsp3) is 0.667. The maximum absolute atomic E-state index is 5.72. The van der Waals surface area contributed by atoms with Crippen LogP contribution in [-0.4, -0.2) is 9.78 Å². The van der Waals surface area contributed by atoms with E-state index >= 15 is 0 Å². The maximum atomic E-state index is 5.72. The lowest BCUT2D eigenvalue weighted by Crippen LogP contribution is -2.09. The van der Waals surface area contributed by atoms with Crippen molar-refractivity contribution in [2.24, 2.45) is 5.73 Å². The van der Waals surface area contributed by atoms with Crippen LogP contribution in [0.2, 0.25) is 0 Å². The Morgan fingerprint density at radius 1 is 1.42 bits per heavy atom. The van der Waals surface area contributed by atoms with Gasteiger partial charge in [0.2, 0.25) is 0 Å². The fourth-order valence-electron chi connectivity index (χ4n) is 1.26. The topological polar surface area (TPSA) is 43.8 Å². The van der Waals surface area contributed by atoms with Crippen molar-refractivity contribution in [1.82, 2.24) is 9.78 Å². The predicted molar refractivity (Wildman–Crippen MR) is 50.0 cm³/mol. The monoisotopic (exact) mass is 167 g/mol. The molecule has 0 aromatic carbocycles. The minimum Gasteiger partial charge on any atom is -0.323 e. The van der Waals surface area contributed by atoms with Crippen LogP contribution in [-0.2, 0) is 0 Å². The van der Waals surface area contributed by atoms with E-state index in [4.69, 9.17) is 5.73 Å². The molecule has 12 heavy (non-hydrogen) atoms. The van der Waals surface area contributed by atoms with Crippen molar-refractivity contribution in [3.05, 3.63) is 17.5 Å². The Hall–Kier alpha value is -0.830. The molecule has 68 valence electrons. The van der Waals surface area contributed by atoms with Gasteiger partial charge in [-0.1, -0.05) is 0 Å². The molecular formula is C9H17N3. The van der Waals surface area contributed by atoms with Gasteiger partial charge in [0.05, 0.1) is 5.69 Å². The largest absolute Gasteiger partial charge is 0.323 e. The normalized spacial score (nSPS) is 13.8. The van der Waals surface area contributed by atoms with Crippen molar-refractivity contribution in [2.75, 3.05) is 0 Å². The first-order valence-electron chi connectivity index (χ1n) is 4.34. The Labute approximate surface area is 73.6 Å². The van der Waals surface area contributed by atoms with E-state index in [1.54, 1.807) is 0 Å². The van der Waals surface area contributed by atoms with Gasteiger partial charge in [-0.15, -0.1) is 0 Å². The van der Waals surface area contributed by atoms with Gasteiger partial charge in [-0.25, -0.2) is 0 Å². The molecule has 0 saturated carbocycles. The molecular weight excluding hydrogens is 150 g/mol. The van der Waals surface area contributed by atoms with Gasteiger partial charge in [0, 0.05) is 17.8 Å². The average Bonchev–Trinajstić information content (AvgIpc) is 2.30. The van der Waals surface area contributed by atoms with E-state index in [2.05, 4.69) is 25.9 Å². The molecule has 2 N–H and O–H groups in total. The molecule has 0 bridgehead atoms. The van der Waals surface area contributed by atoms with Gasteiger partial charge >= 0.3 is 0 Å². The molecule has 1 aromatic rings. The van der Waals surface area contributed by atoms with Gasteiger partial charge in [-0.3, -0.25) is 4.68 Å². The summed E-state index contributed by atoms with van der Waals surface area (Å²) in [4.78, 5) is 0. The van der Waals surface area contributed by atoms with E-state index in [1.165, 1.54) is 5.69 Å². The highest BCUT2D eigenvalue weighted by Crippen LogP contribution is 2.13. The molecule has 3 heteroatoms. The SMILES string of the molecule is Cc1cc(C(C)N)nn1C(C)C. The summed E-state index contributed by atoms with van der Waals surface area (Å²) in [5.41, 5.74) is 7.87. The molecule has 0 amide bonds. The van der Waals surface area contributed by atoms with E-state index in [0.717, 1.165) is 5.69 Å². The van der Waals surface area contributed by atoms with Gasteiger partial charge in [-0.2, -0.15) is 5.10 Å². The summed E-state index contributed by atoms with van der Waals surface area (Å²) < 4.78 is 2.00. The fourth-order valence-corrected chi connectivity index (χ4v) is 1.26. The molecule has 1 unspecified atom stereocenters. The minimum atomic E-state index is 0.0312. The second-order valence-electron chi connectivity index (χ2n) is 3.54. The molecule has 0 aliphatic rings. The molecule has 3 nitrogen and oxygen atoms in total. The first kappa shape index (κ1) is 9.26. The Morgan fingerprint density at radius 3 is 2.25 bits per heavy atom. The van der Waals surface area contributed by atoms with E-state index < -0.39 is 0 Å². The van der Waals surface area contributed by atoms with E-state index in [0.29, 0.717) is 6.04 Å². The first-order valence-corrected chi connectivity index (χ1v) is 4.34. The smallest absolute Gasteiger partial charge is 0.0791 e. The molecule has 0 aliphatic carbocycles. The summed E-state index contributed by atoms with van der Waals surface area (Å²) in [5.74, 6) is 0. The lowest BCUT2D eigenvalue weighted by atomic mass is 10.2. The third kappa shape index (κ3) is 1.67. The van der Waals surface area contributed by atoms with Gasteiger partial charge < -0.3 is 5.73 Å². The summed E-state index contributed by atoms with van der Waals surface area (Å²) in [6.07, 6.45) is 0. The van der Waals surface area contributed by atoms with Crippen molar-refractivity contribution in [3.8, 4) is 0 Å². The maximum Gasteiger partial charge on any atom is 0.0791 e. The summed E-state index contributed by atoms with van der Waals surface area (Å²) in [6.45, 7) is 8.24. The van der Waals surface area contributed by atoms with Crippen LogP contribution in [0.25, 0.3) is 0 Å². The Morgan fingerprint density at radius 2 is 2.00 bits per heavy atom. The number of nitrogens with two attached hydrogens (primary N) is 1. The van der Waals surface area contributed by atoms with Crippen LogP contribution < -0.4 is 5.73 Å². The first-order chi connectivity index (χ1) is 5.52. The van der Waals surface area contributed by atoms with E-state index in [9.17, 15) is 0 Å². The van der Waals surface area contributed by atoms with Gasteiger partial charge in [0.25, 0.3) is 0 Å². The van der Waals surface area contributed by atoms with Crippen molar-refractivity contribution in [1.29, 1.82) is 0 Å². The number of hydrogen-bond acceptors (Lipinski definition) is 2. The zero-order chi connectivity index (χ0) is 9.30. The van der Waals surface area contributed by atoms with Crippen LogP contribution in [0.15, 0.2) is 6.07 Å². The molecule has 0 saturated heterocycles. The number of rotatable bonds is 2. The highest BCUT2D eigenvalue weighted by Gasteiger charge is 2.08. The summed E-state index contributed by atoms with van der Waals surface area (Å²) in [5, 5.41) is 4.40. The third-order valence-corrected chi connectivity index (χ3v) is 1.90. The second kappa shape index (κ2) is 3.27. The molecule has 0 radical (unpaired) electrons. The third-order valence-electron chi connectivity index (χ3n) is 1.90. The van der Waals surface area contributed by atoms with Crippen molar-refractivity contribution >= 4 is 0 Å². The number of aryl methyl sites for hydroxylation is 1. The van der Waals surface area contributed by atoms with Crippen molar-refractivity contribution in [3.63, 3.8) is 0 Å². The molecule has 1 aromatic heterocycles. The summed E-state index contributed by atoms with van der Waals surface area (Å²) in [7, 11) is 0. The van der Waals surface area contributed by atoms with Gasteiger partial charge in [-0.05, 0) is 33.8 Å². The molecule has 0 fully saturated rings. The molecule has 0 spiro atoms. The van der Waals surface area contributed by atoms with E-state index in [-0.39, 0.29) is 6.04 Å². The van der Waals surface area contributed by atoms with Crippen LogP contribution in [0.4, 0.5) is 0 Å². The zero-order valence-corrected chi connectivity index (χ0v) is 8.20. The Bertz CT molecular complexity index is 261. The lowest BCUT2D eigenvalue weighted by molar-refractivity contribution is 0.510. The molecule has 0 aliphatic heterocycles. The highest BCUT2D eigenvalue weighted by atomic mass is 15.3.